The van der Waals surface area contributed by atoms with Gasteiger partial charge in [-0.3, -0.25) is 23.4 Å². The first-order valence-corrected chi connectivity index (χ1v) is 30.3. The predicted octanol–water partition coefficient (Wildman–Crippen LogP) is 17.0. The van der Waals surface area contributed by atoms with Crippen molar-refractivity contribution in [3.63, 3.8) is 0 Å². The molecule has 0 amide bonds. The van der Waals surface area contributed by atoms with Gasteiger partial charge in [0.25, 0.3) is 0 Å². The second-order valence-electron chi connectivity index (χ2n) is 18.7. The highest BCUT2D eigenvalue weighted by atomic mass is 31.2. The fraction of sp³-hybridized carbons (Fsp3) is 0.661. The van der Waals surface area contributed by atoms with Crippen molar-refractivity contribution in [1.29, 1.82) is 0 Å². The van der Waals surface area contributed by atoms with Crippen LogP contribution < -0.4 is 0 Å². The molecule has 0 bridgehead atoms. The summed E-state index contributed by atoms with van der Waals surface area (Å²) in [6, 6.07) is 0. The van der Waals surface area contributed by atoms with Crippen LogP contribution in [-0.4, -0.2) is 66.5 Å². The van der Waals surface area contributed by atoms with Crippen molar-refractivity contribution < 1.29 is 52.2 Å². The van der Waals surface area contributed by atoms with Crippen molar-refractivity contribution in [3.05, 3.63) is 109 Å². The number of carbonyl (C=O) groups excluding carboxylic acids is 3. The zero-order chi connectivity index (χ0) is 54.1. The summed E-state index contributed by atoms with van der Waals surface area (Å²) in [5.41, 5.74) is 0. The van der Waals surface area contributed by atoms with Crippen molar-refractivity contribution in [1.82, 2.24) is 0 Å². The van der Waals surface area contributed by atoms with Crippen LogP contribution in [0.4, 0.5) is 0 Å². The Hall–Kier alpha value is -3.86. The summed E-state index contributed by atoms with van der Waals surface area (Å²) in [4.78, 5) is 48.4. The van der Waals surface area contributed by atoms with Gasteiger partial charge in [0.05, 0.1) is 26.2 Å². The van der Waals surface area contributed by atoms with Crippen LogP contribution in [0.15, 0.2) is 109 Å². The molecule has 0 rings (SSSR count). The van der Waals surface area contributed by atoms with Gasteiger partial charge in [-0.15, -0.1) is 0 Å². The Morgan fingerprint density at radius 2 is 0.757 bits per heavy atom. The van der Waals surface area contributed by atoms with Crippen LogP contribution in [0.25, 0.3) is 0 Å². The summed E-state index contributed by atoms with van der Waals surface area (Å²) in [6.45, 7) is 4.22. The number of esters is 3. The minimum absolute atomic E-state index is 0.0446. The van der Waals surface area contributed by atoms with Crippen molar-refractivity contribution in [2.45, 2.75) is 238 Å². The molecule has 3 atom stereocenters. The van der Waals surface area contributed by atoms with E-state index in [1.165, 1.54) is 96.3 Å². The van der Waals surface area contributed by atoms with Crippen molar-refractivity contribution in [3.8, 4) is 0 Å². The van der Waals surface area contributed by atoms with E-state index in [4.69, 9.17) is 23.3 Å². The minimum atomic E-state index is -4.79. The molecule has 0 aromatic heterocycles. The summed E-state index contributed by atoms with van der Waals surface area (Å²) in [5.74, 6) is -1.71. The predicted molar refractivity (Wildman–Crippen MR) is 307 cm³/mol. The van der Waals surface area contributed by atoms with E-state index in [9.17, 15) is 28.9 Å². The molecule has 74 heavy (non-hydrogen) atoms. The average Bonchev–Trinajstić information content (AvgIpc) is 3.39. The van der Waals surface area contributed by atoms with Crippen molar-refractivity contribution >= 4 is 25.7 Å². The Labute approximate surface area is 450 Å². The number of phosphoric ester groups is 1. The standard InChI is InChI=1S/C62H103O11P/c1-4-7-10-13-16-19-22-25-27-28-29-30-32-34-36-39-42-45-48-51-60(64)69-55-59(73-62(66)53-50-47-44-41-38-35-31-26-23-20-17-14-11-8-5-2)57-71-74(67,68)70-56-58(54-63)72-61(65)52-49-46-43-40-37-33-24-21-18-15-12-9-6-3/h8-9,11-12,17-18,20-21,26,31,33,37-38,41,43,46-47,50,58-59,63H,4-7,10,13-16,19,22-25,27-30,32,34-36,39-40,42,44-45,48-49,51-57H2,1-3H3,(H,67,68)/b11-8-,12-9-,20-17-,21-18-,31-26-,37-33-,41-38-,46-43-,50-47-. The second kappa shape index (κ2) is 55.4. The van der Waals surface area contributed by atoms with Crippen molar-refractivity contribution in [2.75, 3.05) is 26.4 Å². The number of hydrogen-bond acceptors (Lipinski definition) is 10. The Balaban J connectivity index is 4.85. The third-order valence-corrected chi connectivity index (χ3v) is 12.7. The summed E-state index contributed by atoms with van der Waals surface area (Å²) in [5, 5.41) is 9.78. The van der Waals surface area contributed by atoms with Gasteiger partial charge in [-0.25, -0.2) is 4.57 Å². The minimum Gasteiger partial charge on any atom is -0.462 e. The number of carbonyl (C=O) groups is 3. The molecule has 2 N–H and O–H groups in total. The molecule has 11 nitrogen and oxygen atoms in total. The summed E-state index contributed by atoms with van der Waals surface area (Å²) in [7, 11) is -4.79. The van der Waals surface area contributed by atoms with Crippen molar-refractivity contribution in [2.24, 2.45) is 0 Å². The van der Waals surface area contributed by atoms with E-state index >= 15 is 0 Å². The topological polar surface area (TPSA) is 155 Å². The Morgan fingerprint density at radius 1 is 0.405 bits per heavy atom. The lowest BCUT2D eigenvalue weighted by molar-refractivity contribution is -0.160. The lowest BCUT2D eigenvalue weighted by Gasteiger charge is -2.21. The summed E-state index contributed by atoms with van der Waals surface area (Å²) in [6.07, 6.45) is 66.8. The fourth-order valence-electron chi connectivity index (χ4n) is 7.45. The van der Waals surface area contributed by atoms with Crippen LogP contribution >= 0.6 is 7.82 Å². The molecule has 0 heterocycles. The maximum absolute atomic E-state index is 12.9. The third-order valence-electron chi connectivity index (χ3n) is 11.7. The van der Waals surface area contributed by atoms with E-state index in [-0.39, 0.29) is 25.9 Å². The van der Waals surface area contributed by atoms with Gasteiger partial charge in [-0.1, -0.05) is 246 Å². The highest BCUT2D eigenvalue weighted by molar-refractivity contribution is 7.47. The second-order valence-corrected chi connectivity index (χ2v) is 20.2. The Bertz CT molecular complexity index is 1660. The van der Waals surface area contributed by atoms with Crippen LogP contribution in [0.5, 0.6) is 0 Å². The molecule has 0 spiro atoms. The smallest absolute Gasteiger partial charge is 0.462 e. The lowest BCUT2D eigenvalue weighted by atomic mass is 10.0. The molecule has 0 radical (unpaired) electrons. The molecule has 0 aromatic carbocycles. The molecule has 0 aromatic rings. The number of rotatable bonds is 52. The number of aliphatic hydroxyl groups excluding tert-OH is 1. The number of phosphoric acid groups is 1. The molecular weight excluding hydrogens is 952 g/mol. The molecule has 0 aliphatic heterocycles. The molecular formula is C62H103O11P. The first-order valence-electron chi connectivity index (χ1n) is 28.8. The molecule has 12 heteroatoms. The van der Waals surface area contributed by atoms with E-state index in [1.54, 1.807) is 6.08 Å². The maximum Gasteiger partial charge on any atom is 0.472 e. The van der Waals surface area contributed by atoms with Gasteiger partial charge in [0.1, 0.15) is 12.7 Å². The first-order chi connectivity index (χ1) is 36.2. The first kappa shape index (κ1) is 70.1. The van der Waals surface area contributed by atoms with Crippen LogP contribution in [0, 0.1) is 0 Å². The van der Waals surface area contributed by atoms with E-state index in [2.05, 4.69) is 87.6 Å². The number of hydrogen-bond donors (Lipinski definition) is 2. The van der Waals surface area contributed by atoms with Gasteiger partial charge in [-0.2, -0.15) is 0 Å². The normalized spacial score (nSPS) is 14.2. The molecule has 0 saturated heterocycles. The highest BCUT2D eigenvalue weighted by Gasteiger charge is 2.28. The lowest BCUT2D eigenvalue weighted by Crippen LogP contribution is -2.30. The third kappa shape index (κ3) is 53.0. The van der Waals surface area contributed by atoms with Gasteiger partial charge in [0.15, 0.2) is 6.10 Å². The monoisotopic (exact) mass is 1050 g/mol. The van der Waals surface area contributed by atoms with E-state index < -0.39 is 57.8 Å². The average molecular weight is 1060 g/mol. The Morgan fingerprint density at radius 3 is 1.16 bits per heavy atom. The van der Waals surface area contributed by atoms with Crippen LogP contribution in [0.1, 0.15) is 226 Å². The molecule has 0 aliphatic carbocycles. The van der Waals surface area contributed by atoms with Gasteiger partial charge >= 0.3 is 25.7 Å². The number of unbranched alkanes of at least 4 members (excludes halogenated alkanes) is 18. The van der Waals surface area contributed by atoms with Gasteiger partial charge < -0.3 is 24.2 Å². The molecule has 0 fully saturated rings. The molecule has 3 unspecified atom stereocenters. The van der Waals surface area contributed by atoms with Gasteiger partial charge in [0.2, 0.25) is 0 Å². The molecule has 422 valence electrons. The van der Waals surface area contributed by atoms with Crippen LogP contribution in [0.3, 0.4) is 0 Å². The fourth-order valence-corrected chi connectivity index (χ4v) is 8.23. The maximum atomic E-state index is 12.9. The van der Waals surface area contributed by atoms with E-state index in [0.29, 0.717) is 19.3 Å². The molecule has 0 aliphatic rings. The van der Waals surface area contributed by atoms with Gasteiger partial charge in [0, 0.05) is 12.8 Å². The SMILES string of the molecule is CC/C=C\C/C=C\C/C=C\C/C=C\C/C=C\CC(=O)OC(COC(=O)CCCCCCCCCCCCCCCCCCCCC)COP(=O)(O)OCC(CO)OC(=O)CC/C=C\C/C=C\C/C=C\C/C=C\CC. The number of aliphatic hydroxyl groups is 1. The summed E-state index contributed by atoms with van der Waals surface area (Å²) >= 11 is 0. The van der Waals surface area contributed by atoms with E-state index in [0.717, 1.165) is 70.6 Å². The quantitative estimate of drug-likeness (QED) is 0.0197. The largest absolute Gasteiger partial charge is 0.472 e. The van der Waals surface area contributed by atoms with E-state index in [1.807, 2.05) is 36.5 Å². The molecule has 0 saturated carbocycles. The number of allylic oxidation sites excluding steroid dienone is 17. The number of ether oxygens (including phenoxy) is 3. The zero-order valence-electron chi connectivity index (χ0n) is 46.5. The highest BCUT2D eigenvalue weighted by Crippen LogP contribution is 2.43. The van der Waals surface area contributed by atoms with Crippen LogP contribution in [0.2, 0.25) is 0 Å². The summed E-state index contributed by atoms with van der Waals surface area (Å²) < 4.78 is 39.3. The Kier molecular flexibility index (Phi) is 52.5. The van der Waals surface area contributed by atoms with Crippen LogP contribution in [-0.2, 0) is 42.2 Å². The zero-order valence-corrected chi connectivity index (χ0v) is 47.4. The van der Waals surface area contributed by atoms with Gasteiger partial charge in [-0.05, 0) is 70.6 Å².